The second-order valence-corrected chi connectivity index (χ2v) is 12.9. The Morgan fingerprint density at radius 1 is 1.00 bits per heavy atom. The van der Waals surface area contributed by atoms with Gasteiger partial charge < -0.3 is 51.0 Å². The van der Waals surface area contributed by atoms with Crippen molar-refractivity contribution in [1.29, 1.82) is 0 Å². The predicted molar refractivity (Wildman–Crippen MR) is 183 cm³/mol. The molecule has 0 bridgehead atoms. The molecule has 2 amide bonds. The van der Waals surface area contributed by atoms with Gasteiger partial charge in [-0.1, -0.05) is 42.5 Å². The van der Waals surface area contributed by atoms with E-state index in [-0.39, 0.29) is 43.2 Å². The fourth-order valence-corrected chi connectivity index (χ4v) is 6.74. The van der Waals surface area contributed by atoms with E-state index >= 15 is 0 Å². The Balaban J connectivity index is 1.14. The van der Waals surface area contributed by atoms with E-state index in [1.165, 1.54) is 4.80 Å². The lowest BCUT2D eigenvalue weighted by Gasteiger charge is -2.22. The molecule has 1 aliphatic carbocycles. The lowest BCUT2D eigenvalue weighted by Crippen LogP contribution is -2.43. The molecule has 51 heavy (non-hydrogen) atoms. The molecule has 18 nitrogen and oxygen atoms in total. The zero-order valence-corrected chi connectivity index (χ0v) is 27.6. The second-order valence-electron chi connectivity index (χ2n) is 12.9. The molecule has 0 radical (unpaired) electrons. The van der Waals surface area contributed by atoms with Gasteiger partial charge in [-0.3, -0.25) is 0 Å². The van der Waals surface area contributed by atoms with Gasteiger partial charge >= 0.3 is 6.03 Å². The zero-order valence-electron chi connectivity index (χ0n) is 27.6. The van der Waals surface area contributed by atoms with Crippen molar-refractivity contribution in [3.05, 3.63) is 77.9 Å². The molecule has 1 aliphatic heterocycles. The highest BCUT2D eigenvalue weighted by Crippen LogP contribution is 2.40. The molecule has 4 heterocycles. The summed E-state index contributed by atoms with van der Waals surface area (Å²) in [5, 5.41) is 72.8. The average Bonchev–Trinajstić information content (AvgIpc) is 3.95. The molecule has 5 aromatic rings. The predicted octanol–water partition coefficient (Wildman–Crippen LogP) is 0.0122. The molecular formula is C33H40N12O6. The summed E-state index contributed by atoms with van der Waals surface area (Å²) < 4.78 is 1.70. The molecule has 2 fully saturated rings. The van der Waals surface area contributed by atoms with Gasteiger partial charge in [-0.2, -0.15) is 14.8 Å². The minimum atomic E-state index is -1.24. The first-order valence-electron chi connectivity index (χ1n) is 16.8. The van der Waals surface area contributed by atoms with E-state index in [4.69, 9.17) is 9.97 Å². The summed E-state index contributed by atoms with van der Waals surface area (Å²) >= 11 is 0. The van der Waals surface area contributed by atoms with Crippen LogP contribution in [0.5, 0.6) is 5.75 Å². The monoisotopic (exact) mass is 700 g/mol. The van der Waals surface area contributed by atoms with E-state index in [9.17, 15) is 30.3 Å². The number of aliphatic hydroxyl groups excluding tert-OH is 4. The molecule has 8 N–H and O–H groups in total. The number of tetrazole rings is 1. The number of hydrogen-bond donors (Lipinski definition) is 8. The maximum Gasteiger partial charge on any atom is 0.315 e. The Bertz CT molecular complexity index is 1960. The Morgan fingerprint density at radius 2 is 1.80 bits per heavy atom. The van der Waals surface area contributed by atoms with Gasteiger partial charge in [0.1, 0.15) is 30.6 Å². The van der Waals surface area contributed by atoms with Crippen LogP contribution in [0.25, 0.3) is 11.2 Å². The lowest BCUT2D eigenvalue weighted by molar-refractivity contribution is 0.00469. The van der Waals surface area contributed by atoms with E-state index in [1.807, 2.05) is 41.3 Å². The molecule has 1 saturated carbocycles. The Kier molecular flexibility index (Phi) is 9.89. The van der Waals surface area contributed by atoms with Crippen LogP contribution >= 0.6 is 0 Å². The SMILES string of the molecule is O=C(NCc1cccc(O)c1)NC1CCN(c2nc(NC(CO)Cc3ccccc3)c3ncn(C4CC(n5nnc(CO)n5)C(O)C4O)c3n2)C1. The van der Waals surface area contributed by atoms with Crippen LogP contribution in [0.3, 0.4) is 0 Å². The van der Waals surface area contributed by atoms with Crippen LogP contribution in [0.2, 0.25) is 0 Å². The van der Waals surface area contributed by atoms with Gasteiger partial charge in [0.15, 0.2) is 22.8 Å². The van der Waals surface area contributed by atoms with Crippen LogP contribution in [0.1, 0.15) is 41.9 Å². The zero-order chi connectivity index (χ0) is 35.5. The minimum Gasteiger partial charge on any atom is -0.508 e. The Hall–Kier alpha value is -5.43. The largest absolute Gasteiger partial charge is 0.508 e. The number of amides is 2. The highest BCUT2D eigenvalue weighted by Gasteiger charge is 2.45. The maximum absolute atomic E-state index is 12.7. The molecule has 2 aliphatic rings. The number of hydrogen-bond acceptors (Lipinski definition) is 14. The van der Waals surface area contributed by atoms with Crippen molar-refractivity contribution in [1.82, 2.24) is 50.4 Å². The quantitative estimate of drug-likeness (QED) is 0.0855. The van der Waals surface area contributed by atoms with Gasteiger partial charge in [0.05, 0.1) is 25.0 Å². The maximum atomic E-state index is 12.7. The number of aromatic hydroxyl groups is 1. The molecule has 268 valence electrons. The summed E-state index contributed by atoms with van der Waals surface area (Å²) in [6, 6.07) is 14.1. The van der Waals surface area contributed by atoms with Crippen molar-refractivity contribution in [2.24, 2.45) is 0 Å². The van der Waals surface area contributed by atoms with E-state index in [0.717, 1.165) is 11.1 Å². The van der Waals surface area contributed by atoms with Crippen molar-refractivity contribution in [2.75, 3.05) is 29.9 Å². The summed E-state index contributed by atoms with van der Waals surface area (Å²) in [4.78, 5) is 30.3. The van der Waals surface area contributed by atoms with Gasteiger partial charge in [-0.15, -0.1) is 10.2 Å². The number of rotatable bonds is 12. The van der Waals surface area contributed by atoms with E-state index in [1.54, 1.807) is 29.1 Å². The summed E-state index contributed by atoms with van der Waals surface area (Å²) in [5.41, 5.74) is 2.61. The normalized spacial score (nSPS) is 22.4. The van der Waals surface area contributed by atoms with Crippen LogP contribution in [0, 0.1) is 0 Å². The standard InChI is InChI=1S/C33H40N12O6/c46-16-22(11-19-5-2-1-3-6-19)36-30-27-31(44(18-35-27)24-13-25(29(50)28(24)49)45-41-26(17-47)40-42-45)39-32(38-30)43-10-9-21(15-43)37-33(51)34-14-20-7-4-8-23(48)12-20/h1-8,12,18,21-22,24-25,28-29,46-50H,9-11,13-17H2,(H2,34,37,51)(H,36,38,39). The van der Waals surface area contributed by atoms with Crippen LogP contribution < -0.4 is 20.9 Å². The number of benzene rings is 2. The molecule has 6 atom stereocenters. The number of phenolic OH excluding ortho intramolecular Hbond substituents is 1. The third-order valence-corrected chi connectivity index (χ3v) is 9.35. The number of anilines is 2. The molecule has 18 heteroatoms. The van der Waals surface area contributed by atoms with Gasteiger partial charge in [-0.25, -0.2) is 9.78 Å². The number of nitrogens with one attached hydrogen (secondary N) is 3. The molecule has 2 aromatic carbocycles. The molecule has 3 aromatic heterocycles. The van der Waals surface area contributed by atoms with Crippen molar-refractivity contribution in [3.8, 4) is 5.75 Å². The first-order chi connectivity index (χ1) is 24.8. The molecule has 7 rings (SSSR count). The van der Waals surface area contributed by atoms with E-state index in [0.29, 0.717) is 48.9 Å². The van der Waals surface area contributed by atoms with Crippen molar-refractivity contribution >= 4 is 29.0 Å². The van der Waals surface area contributed by atoms with Gasteiger partial charge in [0.25, 0.3) is 0 Å². The number of fused-ring (bicyclic) bond motifs is 1. The topological polar surface area (TPSA) is 245 Å². The van der Waals surface area contributed by atoms with Gasteiger partial charge in [0.2, 0.25) is 5.95 Å². The van der Waals surface area contributed by atoms with Gasteiger partial charge in [0, 0.05) is 25.7 Å². The molecule has 0 spiro atoms. The average molecular weight is 701 g/mol. The summed E-state index contributed by atoms with van der Waals surface area (Å²) in [6.07, 6.45) is 0.446. The van der Waals surface area contributed by atoms with Crippen molar-refractivity contribution in [3.63, 3.8) is 0 Å². The fourth-order valence-electron chi connectivity index (χ4n) is 6.74. The first kappa shape index (κ1) is 34.0. The first-order valence-corrected chi connectivity index (χ1v) is 16.8. The van der Waals surface area contributed by atoms with E-state index < -0.39 is 36.9 Å². The highest BCUT2D eigenvalue weighted by molar-refractivity contribution is 5.85. The number of carbonyl (C=O) groups excluding carboxylic acids is 1. The van der Waals surface area contributed by atoms with Crippen molar-refractivity contribution in [2.45, 2.75) is 68.8 Å². The summed E-state index contributed by atoms with van der Waals surface area (Å²) in [6.45, 7) is 0.626. The van der Waals surface area contributed by atoms with Gasteiger partial charge in [-0.05, 0) is 47.7 Å². The van der Waals surface area contributed by atoms with Crippen LogP contribution in [0.15, 0.2) is 60.9 Å². The number of phenols is 1. The number of nitrogens with zero attached hydrogens (tertiary/aromatic N) is 9. The third-order valence-electron chi connectivity index (χ3n) is 9.35. The second kappa shape index (κ2) is 14.8. The van der Waals surface area contributed by atoms with Crippen LogP contribution in [0.4, 0.5) is 16.6 Å². The molecule has 6 unspecified atom stereocenters. The Morgan fingerprint density at radius 3 is 2.57 bits per heavy atom. The molecular weight excluding hydrogens is 660 g/mol. The number of aliphatic hydroxyl groups is 4. The summed E-state index contributed by atoms with van der Waals surface area (Å²) in [7, 11) is 0. The fraction of sp³-hybridized carbons (Fsp3) is 0.424. The molecule has 1 saturated heterocycles. The van der Waals surface area contributed by atoms with Crippen LogP contribution in [-0.4, -0.2) is 115 Å². The highest BCUT2D eigenvalue weighted by atomic mass is 16.3. The Labute approximate surface area is 291 Å². The number of carbonyl (C=O) groups is 1. The number of urea groups is 1. The third kappa shape index (κ3) is 7.39. The van der Waals surface area contributed by atoms with Crippen LogP contribution in [-0.2, 0) is 19.6 Å². The van der Waals surface area contributed by atoms with E-state index in [2.05, 4.69) is 36.3 Å². The van der Waals surface area contributed by atoms with Crippen molar-refractivity contribution < 1.29 is 30.3 Å². The lowest BCUT2D eigenvalue weighted by atomic mass is 10.1. The number of imidazole rings is 1. The smallest absolute Gasteiger partial charge is 0.315 e. The summed E-state index contributed by atoms with van der Waals surface area (Å²) in [5.74, 6) is 0.977. The minimum absolute atomic E-state index is 0.0997. The number of aromatic nitrogens is 8.